The topological polar surface area (TPSA) is 245 Å². The molecular formula is C19H15N9O5. The molecule has 1 heterocycles. The molecule has 1 aromatic heterocycles. The third kappa shape index (κ3) is 5.19. The summed E-state index contributed by atoms with van der Waals surface area (Å²) in [5.41, 5.74) is 21.3. The fraction of sp³-hybridized carbons (Fsp3) is 0. The van der Waals surface area contributed by atoms with Crippen molar-refractivity contribution >= 4 is 29.1 Å². The minimum absolute atomic E-state index is 0.104. The van der Waals surface area contributed by atoms with E-state index in [9.17, 15) is 14.9 Å². The Morgan fingerprint density at radius 2 is 1.88 bits per heavy atom. The number of carbonyl (C=O) groups excluding carboxylic acids is 1. The summed E-state index contributed by atoms with van der Waals surface area (Å²) in [6.45, 7) is 0. The van der Waals surface area contributed by atoms with Crippen LogP contribution in [0.2, 0.25) is 0 Å². The van der Waals surface area contributed by atoms with E-state index in [1.165, 1.54) is 30.3 Å². The van der Waals surface area contributed by atoms with Gasteiger partial charge in [0.25, 0.3) is 5.91 Å². The maximum absolute atomic E-state index is 11.7. The number of aliphatic imine (C=N–C) groups is 1. The van der Waals surface area contributed by atoms with E-state index in [2.05, 4.69) is 15.0 Å². The lowest BCUT2D eigenvalue weighted by atomic mass is 10.1. The van der Waals surface area contributed by atoms with Crippen LogP contribution >= 0.6 is 0 Å². The Kier molecular flexibility index (Phi) is 6.16. The Hall–Kier alpha value is -5.45. The molecule has 8 N–H and O–H groups in total. The predicted molar refractivity (Wildman–Crippen MR) is 115 cm³/mol. The van der Waals surface area contributed by atoms with Gasteiger partial charge in [-0.2, -0.15) is 15.2 Å². The highest BCUT2D eigenvalue weighted by molar-refractivity contribution is 5.96. The van der Waals surface area contributed by atoms with Crippen LogP contribution in [0.4, 0.5) is 17.2 Å². The van der Waals surface area contributed by atoms with Crippen LogP contribution in [0.15, 0.2) is 47.5 Å². The molecule has 0 radical (unpaired) electrons. The molecule has 0 saturated heterocycles. The largest absolute Gasteiger partial charge is 0.433 e. The average Bonchev–Trinajstić information content (AvgIpc) is 2.72. The van der Waals surface area contributed by atoms with Crippen molar-refractivity contribution in [3.8, 4) is 29.5 Å². The molecule has 14 heteroatoms. The summed E-state index contributed by atoms with van der Waals surface area (Å²) in [6.07, 6.45) is 0. The van der Waals surface area contributed by atoms with Crippen molar-refractivity contribution in [1.29, 1.82) is 5.26 Å². The highest BCUT2D eigenvalue weighted by atomic mass is 16.6. The monoisotopic (exact) mass is 449 g/mol. The molecule has 1 amide bonds. The third-order valence-corrected chi connectivity index (χ3v) is 3.91. The molecule has 3 rings (SSSR count). The molecule has 0 atom stereocenters. The third-order valence-electron chi connectivity index (χ3n) is 3.91. The number of nitrogens with zero attached hydrogens (tertiary/aromatic N) is 5. The Morgan fingerprint density at radius 3 is 2.52 bits per heavy atom. The van der Waals surface area contributed by atoms with Gasteiger partial charge >= 0.3 is 17.6 Å². The molecule has 0 unspecified atom stereocenters. The number of aromatic nitrogens is 2. The number of hydrogen-bond donors (Lipinski definition) is 4. The van der Waals surface area contributed by atoms with Crippen molar-refractivity contribution < 1.29 is 19.2 Å². The second-order valence-corrected chi connectivity index (χ2v) is 6.23. The number of guanidine groups is 1. The van der Waals surface area contributed by atoms with E-state index in [0.29, 0.717) is 5.69 Å². The van der Waals surface area contributed by atoms with Gasteiger partial charge in [0.1, 0.15) is 11.5 Å². The van der Waals surface area contributed by atoms with Crippen LogP contribution in [-0.4, -0.2) is 26.8 Å². The van der Waals surface area contributed by atoms with Crippen molar-refractivity contribution in [3.05, 3.63) is 63.7 Å². The van der Waals surface area contributed by atoms with Crippen LogP contribution in [-0.2, 0) is 0 Å². The van der Waals surface area contributed by atoms with Gasteiger partial charge in [0.15, 0.2) is 5.96 Å². The normalized spacial score (nSPS) is 10.0. The minimum atomic E-state index is -0.896. The van der Waals surface area contributed by atoms with Crippen LogP contribution < -0.4 is 32.4 Å². The van der Waals surface area contributed by atoms with Crippen LogP contribution in [0.3, 0.4) is 0 Å². The summed E-state index contributed by atoms with van der Waals surface area (Å²) in [5.74, 6) is -2.35. The first-order valence-corrected chi connectivity index (χ1v) is 8.89. The highest BCUT2D eigenvalue weighted by Crippen LogP contribution is 2.37. The van der Waals surface area contributed by atoms with Gasteiger partial charge in [-0.05, 0) is 30.3 Å². The van der Waals surface area contributed by atoms with Gasteiger partial charge in [-0.1, -0.05) is 6.07 Å². The smallest absolute Gasteiger partial charge is 0.373 e. The summed E-state index contributed by atoms with van der Waals surface area (Å²) >= 11 is 0. The number of benzene rings is 2. The van der Waals surface area contributed by atoms with Crippen molar-refractivity contribution in [2.24, 2.45) is 22.2 Å². The first-order valence-electron chi connectivity index (χ1n) is 8.89. The predicted octanol–water partition coefficient (Wildman–Crippen LogP) is 1.43. The lowest BCUT2D eigenvalue weighted by molar-refractivity contribution is -0.385. The van der Waals surface area contributed by atoms with Gasteiger partial charge in [-0.15, -0.1) is 0 Å². The summed E-state index contributed by atoms with van der Waals surface area (Å²) in [7, 11) is 0. The first-order chi connectivity index (χ1) is 15.7. The van der Waals surface area contributed by atoms with E-state index in [4.69, 9.17) is 37.7 Å². The zero-order valence-corrected chi connectivity index (χ0v) is 16.6. The Morgan fingerprint density at radius 1 is 1.12 bits per heavy atom. The molecule has 0 saturated carbocycles. The maximum Gasteiger partial charge on any atom is 0.373 e. The van der Waals surface area contributed by atoms with Crippen molar-refractivity contribution in [3.63, 3.8) is 0 Å². The zero-order valence-electron chi connectivity index (χ0n) is 16.6. The molecule has 166 valence electrons. The number of rotatable bonds is 7. The van der Waals surface area contributed by atoms with Gasteiger partial charge in [0.05, 0.1) is 27.8 Å². The summed E-state index contributed by atoms with van der Waals surface area (Å²) in [5, 5.41) is 20.6. The first kappa shape index (κ1) is 22.2. The van der Waals surface area contributed by atoms with Crippen molar-refractivity contribution in [1.82, 2.24) is 9.97 Å². The Labute approximate surface area is 185 Å². The van der Waals surface area contributed by atoms with Crippen LogP contribution in [0.5, 0.6) is 23.4 Å². The summed E-state index contributed by atoms with van der Waals surface area (Å²) < 4.78 is 11.0. The van der Waals surface area contributed by atoms with Crippen LogP contribution in [0.25, 0.3) is 0 Å². The van der Waals surface area contributed by atoms with Gasteiger partial charge in [0, 0.05) is 6.07 Å². The molecule has 0 aliphatic carbocycles. The number of ether oxygens (including phenoxy) is 2. The number of nitrogen functional groups attached to an aromatic ring is 1. The van der Waals surface area contributed by atoms with Crippen molar-refractivity contribution in [2.45, 2.75) is 0 Å². The molecule has 33 heavy (non-hydrogen) atoms. The molecule has 0 fully saturated rings. The second kappa shape index (κ2) is 9.14. The van der Waals surface area contributed by atoms with E-state index in [1.807, 2.05) is 6.07 Å². The fourth-order valence-electron chi connectivity index (χ4n) is 2.57. The molecule has 3 aromatic rings. The van der Waals surface area contributed by atoms with E-state index in [1.54, 1.807) is 12.1 Å². The lowest BCUT2D eigenvalue weighted by Crippen LogP contribution is -2.21. The maximum atomic E-state index is 11.7. The number of nitriles is 1. The van der Waals surface area contributed by atoms with E-state index >= 15 is 0 Å². The highest BCUT2D eigenvalue weighted by Gasteiger charge is 2.27. The fourth-order valence-corrected chi connectivity index (χ4v) is 2.57. The SMILES string of the molecule is N#Cc1ccc(C(N)=O)c(Oc2nc(Oc3cccc(N=C(N)N)c3)nc(N)c2[N+](=O)[O-])c1. The number of carbonyl (C=O) groups is 1. The molecule has 0 spiro atoms. The van der Waals surface area contributed by atoms with Gasteiger partial charge in [0.2, 0.25) is 5.82 Å². The van der Waals surface area contributed by atoms with Crippen LogP contribution in [0, 0.1) is 21.4 Å². The van der Waals surface area contributed by atoms with Gasteiger partial charge in [-0.25, -0.2) is 4.99 Å². The number of nitrogens with two attached hydrogens (primary N) is 4. The summed E-state index contributed by atoms with van der Waals surface area (Å²) in [6, 6.07) is 11.3. The summed E-state index contributed by atoms with van der Waals surface area (Å²) in [4.78, 5) is 33.9. The standard InChI is InChI=1S/C19H15N9O5/c20-8-9-4-5-12(16(22)29)13(6-9)33-17-14(28(30)31)15(21)26-19(27-17)32-11-3-1-2-10(7-11)25-18(23)24/h1-7H,(H2,22,29)(H2,21,26,27)(H4,23,24,25). The quantitative estimate of drug-likeness (QED) is 0.174. The molecule has 2 aromatic carbocycles. The number of amides is 1. The number of hydrogen-bond acceptors (Lipinski definition) is 10. The second-order valence-electron chi connectivity index (χ2n) is 6.23. The molecule has 0 aliphatic rings. The van der Waals surface area contributed by atoms with E-state index in [0.717, 1.165) is 0 Å². The van der Waals surface area contributed by atoms with E-state index in [-0.39, 0.29) is 28.6 Å². The minimum Gasteiger partial charge on any atom is -0.433 e. The van der Waals surface area contributed by atoms with Crippen molar-refractivity contribution in [2.75, 3.05) is 5.73 Å². The number of nitro groups is 1. The number of anilines is 1. The lowest BCUT2D eigenvalue weighted by Gasteiger charge is -2.11. The molecule has 0 bridgehead atoms. The van der Waals surface area contributed by atoms with Gasteiger partial charge in [-0.3, -0.25) is 14.9 Å². The Balaban J connectivity index is 2.06. The molecule has 0 aliphatic heterocycles. The molecule has 14 nitrogen and oxygen atoms in total. The molecular weight excluding hydrogens is 434 g/mol. The van der Waals surface area contributed by atoms with Crippen LogP contribution in [0.1, 0.15) is 15.9 Å². The number of primary amides is 1. The van der Waals surface area contributed by atoms with E-state index < -0.39 is 34.2 Å². The average molecular weight is 449 g/mol. The zero-order chi connectivity index (χ0) is 24.1. The Bertz CT molecular complexity index is 1330. The van der Waals surface area contributed by atoms with Gasteiger partial charge < -0.3 is 32.4 Å².